The van der Waals surface area contributed by atoms with Crippen LogP contribution in [0, 0.1) is 0 Å². The van der Waals surface area contributed by atoms with Gasteiger partial charge in [0.2, 0.25) is 5.13 Å². The number of carbonyl (C=O) groups excluding carboxylic acids is 1. The molecule has 1 aromatic heterocycles. The van der Waals surface area contributed by atoms with Crippen molar-refractivity contribution < 1.29 is 9.53 Å². The number of hydrogen-bond acceptors (Lipinski definition) is 5. The Balaban J connectivity index is 1.68. The highest BCUT2D eigenvalue weighted by Gasteiger charge is 2.30. The Morgan fingerprint density at radius 3 is 2.77 bits per heavy atom. The predicted molar refractivity (Wildman–Crippen MR) is 109 cm³/mol. The third-order valence-corrected chi connectivity index (χ3v) is 5.64. The number of ether oxygens (including phenoxy) is 1. The van der Waals surface area contributed by atoms with Gasteiger partial charge in [0.1, 0.15) is 5.75 Å². The molecule has 1 aliphatic rings. The topological polar surface area (TPSA) is 54.8 Å². The van der Waals surface area contributed by atoms with Gasteiger partial charge in [-0.15, -0.1) is 0 Å². The van der Waals surface area contributed by atoms with Gasteiger partial charge in [-0.3, -0.25) is 4.79 Å². The number of aromatic nitrogens is 1. The molecule has 4 rings (SSSR count). The van der Waals surface area contributed by atoms with Gasteiger partial charge in [-0.25, -0.2) is 4.98 Å². The van der Waals surface area contributed by atoms with Crippen LogP contribution in [0.3, 0.4) is 0 Å². The van der Waals surface area contributed by atoms with Crippen molar-refractivity contribution in [3.05, 3.63) is 58.1 Å². The molecule has 26 heavy (non-hydrogen) atoms. The Morgan fingerprint density at radius 2 is 2.04 bits per heavy atom. The number of hydrogen-bond donors (Lipinski definition) is 0. The molecular formula is C19H14BrN3O2S. The van der Waals surface area contributed by atoms with E-state index in [4.69, 9.17) is 4.74 Å². The molecule has 0 unspecified atom stereocenters. The zero-order valence-corrected chi connectivity index (χ0v) is 16.5. The number of para-hydroxylation sites is 1. The maximum Gasteiger partial charge on any atom is 0.282 e. The van der Waals surface area contributed by atoms with Crippen molar-refractivity contribution in [3.63, 3.8) is 0 Å². The minimum atomic E-state index is -0.173. The summed E-state index contributed by atoms with van der Waals surface area (Å²) in [6.07, 6.45) is 1.83. The Labute approximate surface area is 162 Å². The van der Waals surface area contributed by atoms with Crippen molar-refractivity contribution in [2.24, 2.45) is 5.10 Å². The molecule has 0 aliphatic carbocycles. The third kappa shape index (κ3) is 2.93. The number of thiazole rings is 1. The zero-order valence-electron chi connectivity index (χ0n) is 14.1. The number of anilines is 1. The van der Waals surface area contributed by atoms with Gasteiger partial charge in [-0.05, 0) is 58.8 Å². The number of methoxy groups -OCH3 is 1. The second-order valence-corrected chi connectivity index (χ2v) is 7.58. The number of amides is 1. The molecule has 1 aliphatic heterocycles. The fraction of sp³-hybridized carbons (Fsp3) is 0.105. The van der Waals surface area contributed by atoms with Crippen LogP contribution in [0.2, 0.25) is 0 Å². The average Bonchev–Trinajstić information content (AvgIpc) is 3.18. The lowest BCUT2D eigenvalue weighted by atomic mass is 10.1. The van der Waals surface area contributed by atoms with Crippen LogP contribution in [0.1, 0.15) is 12.5 Å². The van der Waals surface area contributed by atoms with Gasteiger partial charge in [0.25, 0.3) is 5.91 Å². The molecule has 0 spiro atoms. The van der Waals surface area contributed by atoms with Gasteiger partial charge in [0, 0.05) is 0 Å². The number of nitrogens with zero attached hydrogens (tertiary/aromatic N) is 3. The number of carbonyl (C=O) groups is 1. The molecule has 0 radical (unpaired) electrons. The van der Waals surface area contributed by atoms with Crippen LogP contribution in [-0.4, -0.2) is 23.7 Å². The Bertz CT molecular complexity index is 1050. The van der Waals surface area contributed by atoms with E-state index in [1.165, 1.54) is 16.3 Å². The lowest BCUT2D eigenvalue weighted by molar-refractivity contribution is -0.114. The van der Waals surface area contributed by atoms with Gasteiger partial charge < -0.3 is 4.74 Å². The van der Waals surface area contributed by atoms with Gasteiger partial charge in [0.05, 0.1) is 33.1 Å². The predicted octanol–water partition coefficient (Wildman–Crippen LogP) is 4.87. The first kappa shape index (κ1) is 16.9. The number of benzene rings is 2. The summed E-state index contributed by atoms with van der Waals surface area (Å²) in [7, 11) is 1.62. The molecule has 0 saturated carbocycles. The monoisotopic (exact) mass is 427 g/mol. The van der Waals surface area contributed by atoms with E-state index in [1.807, 2.05) is 55.5 Å². The SMILES string of the molecule is COc1ccc(/C=C2/C(=O)N(c3nc4ccccc4s3)N=C2C)cc1Br. The highest BCUT2D eigenvalue weighted by molar-refractivity contribution is 9.10. The molecule has 0 N–H and O–H groups in total. The summed E-state index contributed by atoms with van der Waals surface area (Å²) in [6, 6.07) is 13.5. The van der Waals surface area contributed by atoms with Crippen molar-refractivity contribution in [3.8, 4) is 5.75 Å². The summed E-state index contributed by atoms with van der Waals surface area (Å²) in [5, 5.41) is 6.37. The van der Waals surface area contributed by atoms with E-state index >= 15 is 0 Å². The number of fused-ring (bicyclic) bond motifs is 1. The highest BCUT2D eigenvalue weighted by atomic mass is 79.9. The molecule has 0 atom stereocenters. The minimum Gasteiger partial charge on any atom is -0.496 e. The van der Waals surface area contributed by atoms with Gasteiger partial charge >= 0.3 is 0 Å². The Hall–Kier alpha value is -2.51. The zero-order chi connectivity index (χ0) is 18.3. The second kappa shape index (κ2) is 6.66. The van der Waals surface area contributed by atoms with E-state index in [0.29, 0.717) is 16.4 Å². The summed E-state index contributed by atoms with van der Waals surface area (Å²) in [4.78, 5) is 17.4. The minimum absolute atomic E-state index is 0.173. The highest BCUT2D eigenvalue weighted by Crippen LogP contribution is 2.33. The first-order valence-electron chi connectivity index (χ1n) is 7.87. The third-order valence-electron chi connectivity index (χ3n) is 4.01. The molecule has 130 valence electrons. The first-order chi connectivity index (χ1) is 12.6. The van der Waals surface area contributed by atoms with Crippen molar-refractivity contribution >= 4 is 60.3 Å². The lowest BCUT2D eigenvalue weighted by Crippen LogP contribution is -2.21. The lowest BCUT2D eigenvalue weighted by Gasteiger charge is -2.07. The molecule has 7 heteroatoms. The van der Waals surface area contributed by atoms with Crippen LogP contribution in [-0.2, 0) is 4.79 Å². The van der Waals surface area contributed by atoms with Crippen molar-refractivity contribution in [2.75, 3.05) is 12.1 Å². The van der Waals surface area contributed by atoms with Crippen molar-refractivity contribution in [1.29, 1.82) is 0 Å². The van der Waals surface area contributed by atoms with Crippen LogP contribution in [0.5, 0.6) is 5.75 Å². The summed E-state index contributed by atoms with van der Waals surface area (Å²) in [6.45, 7) is 1.83. The molecule has 2 heterocycles. The maximum absolute atomic E-state index is 12.9. The van der Waals surface area contributed by atoms with Crippen LogP contribution >= 0.6 is 27.3 Å². The molecule has 1 amide bonds. The molecule has 0 saturated heterocycles. The fourth-order valence-electron chi connectivity index (χ4n) is 2.70. The summed E-state index contributed by atoms with van der Waals surface area (Å²) < 4.78 is 7.10. The first-order valence-corrected chi connectivity index (χ1v) is 9.48. The number of rotatable bonds is 3. The van der Waals surface area contributed by atoms with E-state index in [-0.39, 0.29) is 5.91 Å². The summed E-state index contributed by atoms with van der Waals surface area (Å²) >= 11 is 4.92. The molecule has 3 aromatic rings. The van der Waals surface area contributed by atoms with Crippen LogP contribution in [0.25, 0.3) is 16.3 Å². The van der Waals surface area contributed by atoms with Gasteiger partial charge in [-0.1, -0.05) is 29.5 Å². The van der Waals surface area contributed by atoms with Gasteiger partial charge in [0.15, 0.2) is 0 Å². The van der Waals surface area contributed by atoms with Crippen LogP contribution < -0.4 is 9.75 Å². The van der Waals surface area contributed by atoms with Crippen LogP contribution in [0.4, 0.5) is 5.13 Å². The van der Waals surface area contributed by atoms with E-state index in [9.17, 15) is 4.79 Å². The van der Waals surface area contributed by atoms with E-state index in [1.54, 1.807) is 7.11 Å². The molecule has 0 bridgehead atoms. The maximum atomic E-state index is 12.9. The number of hydrazone groups is 1. The summed E-state index contributed by atoms with van der Waals surface area (Å²) in [5.41, 5.74) is 2.98. The molecule has 0 fully saturated rings. The van der Waals surface area contributed by atoms with E-state index in [2.05, 4.69) is 26.0 Å². The molecular weight excluding hydrogens is 414 g/mol. The molecule has 2 aromatic carbocycles. The Morgan fingerprint density at radius 1 is 1.23 bits per heavy atom. The van der Waals surface area contributed by atoms with Crippen molar-refractivity contribution in [1.82, 2.24) is 4.98 Å². The average molecular weight is 428 g/mol. The normalized spacial score (nSPS) is 15.8. The Kier molecular flexibility index (Phi) is 4.34. The summed E-state index contributed by atoms with van der Waals surface area (Å²) in [5.74, 6) is 0.569. The second-order valence-electron chi connectivity index (χ2n) is 5.72. The molecule has 5 nitrogen and oxygen atoms in total. The van der Waals surface area contributed by atoms with Gasteiger partial charge in [-0.2, -0.15) is 10.1 Å². The largest absolute Gasteiger partial charge is 0.496 e. The quantitative estimate of drug-likeness (QED) is 0.560. The smallest absolute Gasteiger partial charge is 0.282 e. The fourth-order valence-corrected chi connectivity index (χ4v) is 4.18. The van der Waals surface area contributed by atoms with E-state index < -0.39 is 0 Å². The van der Waals surface area contributed by atoms with E-state index in [0.717, 1.165) is 26.0 Å². The standard InChI is InChI=1S/C19H14BrN3O2S/c1-11-13(9-12-7-8-16(25-2)14(20)10-12)18(24)23(22-11)19-21-15-5-3-4-6-17(15)26-19/h3-10H,1-2H3/b13-9+. The number of halogens is 1. The van der Waals surface area contributed by atoms with Crippen molar-refractivity contribution in [2.45, 2.75) is 6.92 Å². The van der Waals surface area contributed by atoms with Crippen LogP contribution in [0.15, 0.2) is 57.6 Å².